The van der Waals surface area contributed by atoms with Crippen LogP contribution in [0.5, 0.6) is 5.75 Å². The van der Waals surface area contributed by atoms with Gasteiger partial charge in [-0.1, -0.05) is 30.3 Å². The van der Waals surface area contributed by atoms with Crippen molar-refractivity contribution in [2.75, 3.05) is 19.6 Å². The van der Waals surface area contributed by atoms with Crippen LogP contribution in [-0.2, 0) is 16.1 Å². The molecule has 8 nitrogen and oxygen atoms in total. The number of carbonyl (C=O) groups excluding carboxylic acids is 2. The van der Waals surface area contributed by atoms with E-state index in [-0.39, 0.29) is 30.2 Å². The van der Waals surface area contributed by atoms with E-state index in [2.05, 4.69) is 4.74 Å². The van der Waals surface area contributed by atoms with E-state index in [1.807, 2.05) is 6.07 Å². The molecular weight excluding hydrogens is 328 g/mol. The number of esters is 2. The van der Waals surface area contributed by atoms with Gasteiger partial charge in [0.15, 0.2) is 5.69 Å². The summed E-state index contributed by atoms with van der Waals surface area (Å²) in [5.41, 5.74) is -0.657. The molecule has 132 valence electrons. The number of hydrogen-bond acceptors (Lipinski definition) is 7. The van der Waals surface area contributed by atoms with E-state index in [1.54, 1.807) is 31.2 Å². The molecule has 0 aliphatic rings. The van der Waals surface area contributed by atoms with Crippen LogP contribution in [-0.4, -0.2) is 30.3 Å². The van der Waals surface area contributed by atoms with Gasteiger partial charge in [0.1, 0.15) is 12.2 Å². The lowest BCUT2D eigenvalue weighted by atomic mass is 10.2. The van der Waals surface area contributed by atoms with Gasteiger partial charge in [-0.15, -0.1) is 0 Å². The van der Waals surface area contributed by atoms with Crippen molar-refractivity contribution in [1.82, 2.24) is 4.68 Å². The van der Waals surface area contributed by atoms with Gasteiger partial charge < -0.3 is 20.1 Å². The van der Waals surface area contributed by atoms with Gasteiger partial charge in [-0.3, -0.25) is 9.47 Å². The molecular formula is C17H18N2O6. The lowest BCUT2D eigenvalue weighted by molar-refractivity contribution is 0.0517. The first-order valence-corrected chi connectivity index (χ1v) is 7.46. The molecule has 2 aromatic rings. The van der Waals surface area contributed by atoms with Crippen molar-refractivity contribution >= 4 is 11.9 Å². The first-order chi connectivity index (χ1) is 12.0. The van der Waals surface area contributed by atoms with E-state index in [4.69, 9.17) is 15.3 Å². The van der Waals surface area contributed by atoms with Gasteiger partial charge in [0.05, 0.1) is 13.7 Å². The maximum Gasteiger partial charge on any atom is 0.360 e. The predicted octanol–water partition coefficient (Wildman–Crippen LogP) is 1.10. The smallest absolute Gasteiger partial charge is 0.360 e. The maximum absolute atomic E-state index is 12.6. The summed E-state index contributed by atoms with van der Waals surface area (Å²) < 4.78 is 15.8. The number of benzene rings is 1. The Kier molecular flexibility index (Phi) is 5.78. The van der Waals surface area contributed by atoms with E-state index in [0.29, 0.717) is 0 Å². The summed E-state index contributed by atoms with van der Waals surface area (Å²) in [4.78, 5) is 36.5. The van der Waals surface area contributed by atoms with Crippen molar-refractivity contribution in [2.45, 2.75) is 13.5 Å². The summed E-state index contributed by atoms with van der Waals surface area (Å²) in [7, 11) is 1.15. The zero-order valence-electron chi connectivity index (χ0n) is 13.9. The van der Waals surface area contributed by atoms with Gasteiger partial charge in [-0.05, 0) is 12.5 Å². The first kappa shape index (κ1) is 18.1. The van der Waals surface area contributed by atoms with E-state index in [9.17, 15) is 14.4 Å². The van der Waals surface area contributed by atoms with E-state index < -0.39 is 17.4 Å². The third-order valence-electron chi connectivity index (χ3n) is 3.29. The first-order valence-electron chi connectivity index (χ1n) is 7.46. The number of methoxy groups -OCH3 is 1. The number of nitrogens with two attached hydrogens (primary N) is 1. The Labute approximate surface area is 143 Å². The number of carbonyl (C=O) groups is 2. The van der Waals surface area contributed by atoms with Crippen LogP contribution in [0.25, 0.3) is 0 Å². The van der Waals surface area contributed by atoms with Crippen molar-refractivity contribution in [3.63, 3.8) is 0 Å². The Bertz CT molecular complexity index is 829. The second-order valence-electron chi connectivity index (χ2n) is 4.94. The van der Waals surface area contributed by atoms with Crippen LogP contribution >= 0.6 is 0 Å². The zero-order valence-corrected chi connectivity index (χ0v) is 13.9. The molecule has 0 aliphatic carbocycles. The lowest BCUT2D eigenvalue weighted by Gasteiger charge is -2.14. The Balaban J connectivity index is 2.50. The van der Waals surface area contributed by atoms with Crippen molar-refractivity contribution in [3.8, 4) is 5.75 Å². The van der Waals surface area contributed by atoms with Crippen molar-refractivity contribution in [2.24, 2.45) is 0 Å². The number of ether oxygens (including phenoxy) is 3. The summed E-state index contributed by atoms with van der Waals surface area (Å²) >= 11 is 0. The number of rotatable bonds is 6. The molecule has 0 aliphatic heterocycles. The van der Waals surface area contributed by atoms with E-state index in [0.717, 1.165) is 23.5 Å². The van der Waals surface area contributed by atoms with Crippen molar-refractivity contribution in [1.29, 1.82) is 0 Å². The molecule has 0 atom stereocenters. The minimum Gasteiger partial charge on any atom is -0.482 e. The van der Waals surface area contributed by atoms with Crippen LogP contribution in [0.15, 0.2) is 41.3 Å². The summed E-state index contributed by atoms with van der Waals surface area (Å²) in [6.07, 6.45) is 1.02. The molecule has 0 fully saturated rings. The molecule has 1 heterocycles. The Morgan fingerprint density at radius 1 is 1.16 bits per heavy atom. The molecule has 0 radical (unpaired) electrons. The zero-order chi connectivity index (χ0) is 18.4. The molecule has 0 saturated carbocycles. The van der Waals surface area contributed by atoms with Crippen molar-refractivity contribution < 1.29 is 23.8 Å². The highest BCUT2D eigenvalue weighted by atomic mass is 16.5. The molecule has 0 saturated heterocycles. The molecule has 1 aromatic heterocycles. The van der Waals surface area contributed by atoms with Gasteiger partial charge in [-0.2, -0.15) is 0 Å². The van der Waals surface area contributed by atoms with Crippen LogP contribution in [0, 0.1) is 0 Å². The predicted molar refractivity (Wildman–Crippen MR) is 88.9 cm³/mol. The highest BCUT2D eigenvalue weighted by molar-refractivity contribution is 5.94. The molecule has 0 spiro atoms. The molecule has 0 unspecified atom stereocenters. The average molecular weight is 346 g/mol. The fraction of sp³-hybridized carbons (Fsp3) is 0.235. The Hall–Kier alpha value is -3.29. The standard InChI is InChI=1S/C17H18N2O6/c1-3-24-16(21)12-9-19(18)13(17(22)23-2)15(14(12)20)25-10-11-7-5-4-6-8-11/h4-9H,3,10,18H2,1-2H3. The SMILES string of the molecule is CCOC(=O)c1cn(N)c(C(=O)OC)c(OCc2ccccc2)c1=O. The molecule has 0 bridgehead atoms. The number of nitrogens with zero attached hydrogens (tertiary/aromatic N) is 1. The quantitative estimate of drug-likeness (QED) is 0.616. The summed E-state index contributed by atoms with van der Waals surface area (Å²) in [6, 6.07) is 9.01. The minimum absolute atomic E-state index is 0.00630. The number of hydrogen-bond donors (Lipinski definition) is 1. The van der Waals surface area contributed by atoms with Crippen LogP contribution < -0.4 is 16.0 Å². The third kappa shape index (κ3) is 3.97. The largest absolute Gasteiger partial charge is 0.482 e. The van der Waals surface area contributed by atoms with Crippen LogP contribution in [0.1, 0.15) is 33.3 Å². The van der Waals surface area contributed by atoms with Gasteiger partial charge >= 0.3 is 11.9 Å². The molecule has 8 heteroatoms. The molecule has 2 N–H and O–H groups in total. The highest BCUT2D eigenvalue weighted by Gasteiger charge is 2.26. The maximum atomic E-state index is 12.6. The summed E-state index contributed by atoms with van der Waals surface area (Å²) in [6.45, 7) is 1.70. The molecule has 1 aromatic carbocycles. The van der Waals surface area contributed by atoms with Gasteiger partial charge in [0.25, 0.3) is 0 Å². The van der Waals surface area contributed by atoms with Crippen LogP contribution in [0.2, 0.25) is 0 Å². The van der Waals surface area contributed by atoms with E-state index in [1.165, 1.54) is 0 Å². The van der Waals surface area contributed by atoms with Gasteiger partial charge in [-0.25, -0.2) is 9.59 Å². The van der Waals surface area contributed by atoms with Gasteiger partial charge in [0, 0.05) is 6.20 Å². The van der Waals surface area contributed by atoms with Crippen LogP contribution in [0.4, 0.5) is 0 Å². The Morgan fingerprint density at radius 3 is 2.44 bits per heavy atom. The van der Waals surface area contributed by atoms with E-state index >= 15 is 0 Å². The average Bonchev–Trinajstić information content (AvgIpc) is 2.62. The second kappa shape index (κ2) is 8.00. The second-order valence-corrected chi connectivity index (χ2v) is 4.94. The number of aromatic nitrogens is 1. The van der Waals surface area contributed by atoms with Gasteiger partial charge in [0.2, 0.25) is 11.2 Å². The topological polar surface area (TPSA) is 110 Å². The molecule has 2 rings (SSSR count). The summed E-state index contributed by atoms with van der Waals surface area (Å²) in [5.74, 6) is 3.67. The Morgan fingerprint density at radius 2 is 1.84 bits per heavy atom. The fourth-order valence-corrected chi connectivity index (χ4v) is 2.12. The normalized spacial score (nSPS) is 10.2. The number of nitrogen functional groups attached to an aromatic ring is 1. The number of pyridine rings is 1. The summed E-state index contributed by atoms with van der Waals surface area (Å²) in [5, 5.41) is 0. The molecule has 0 amide bonds. The fourth-order valence-electron chi connectivity index (χ4n) is 2.12. The minimum atomic E-state index is -0.863. The lowest BCUT2D eigenvalue weighted by Crippen LogP contribution is -2.30. The third-order valence-corrected chi connectivity index (χ3v) is 3.29. The monoisotopic (exact) mass is 346 g/mol. The molecule has 25 heavy (non-hydrogen) atoms. The van der Waals surface area contributed by atoms with Crippen molar-refractivity contribution in [3.05, 3.63) is 63.6 Å². The highest BCUT2D eigenvalue weighted by Crippen LogP contribution is 2.17. The van der Waals surface area contributed by atoms with Crippen LogP contribution in [0.3, 0.4) is 0 Å².